The first-order valence-corrected chi connectivity index (χ1v) is 5.46. The van der Waals surface area contributed by atoms with Crippen molar-refractivity contribution in [3.63, 3.8) is 0 Å². The molecular formula is C11H20O3. The van der Waals surface area contributed by atoms with Crippen LogP contribution in [-0.4, -0.2) is 21.8 Å². The van der Waals surface area contributed by atoms with Crippen molar-refractivity contribution in [2.75, 3.05) is 0 Å². The highest BCUT2D eigenvalue weighted by atomic mass is 16.4. The average molecular weight is 200 g/mol. The Morgan fingerprint density at radius 1 is 1.36 bits per heavy atom. The van der Waals surface area contributed by atoms with Gasteiger partial charge in [-0.2, -0.15) is 0 Å². The van der Waals surface area contributed by atoms with Gasteiger partial charge < -0.3 is 10.2 Å². The number of aliphatic hydroxyl groups is 1. The van der Waals surface area contributed by atoms with Crippen LogP contribution in [0.2, 0.25) is 0 Å². The molecule has 3 nitrogen and oxygen atoms in total. The van der Waals surface area contributed by atoms with Gasteiger partial charge >= 0.3 is 5.97 Å². The molecule has 1 atom stereocenters. The van der Waals surface area contributed by atoms with Crippen LogP contribution in [0.4, 0.5) is 0 Å². The van der Waals surface area contributed by atoms with E-state index in [4.69, 9.17) is 5.11 Å². The smallest absolute Gasteiger partial charge is 0.335 e. The van der Waals surface area contributed by atoms with Crippen molar-refractivity contribution in [3.05, 3.63) is 0 Å². The highest BCUT2D eigenvalue weighted by Crippen LogP contribution is 2.37. The lowest BCUT2D eigenvalue weighted by atomic mass is 9.73. The Hall–Kier alpha value is -0.570. The zero-order valence-electron chi connectivity index (χ0n) is 8.99. The highest BCUT2D eigenvalue weighted by Gasteiger charge is 2.43. The lowest BCUT2D eigenvalue weighted by molar-refractivity contribution is -0.167. The van der Waals surface area contributed by atoms with E-state index < -0.39 is 11.6 Å². The van der Waals surface area contributed by atoms with Crippen LogP contribution >= 0.6 is 0 Å². The van der Waals surface area contributed by atoms with Gasteiger partial charge in [-0.3, -0.25) is 0 Å². The molecule has 2 N–H and O–H groups in total. The maximum atomic E-state index is 11.0. The van der Waals surface area contributed by atoms with Crippen molar-refractivity contribution in [3.8, 4) is 0 Å². The summed E-state index contributed by atoms with van der Waals surface area (Å²) in [5, 5.41) is 19.0. The zero-order chi connectivity index (χ0) is 10.8. The molecule has 0 radical (unpaired) electrons. The highest BCUT2D eigenvalue weighted by molar-refractivity contribution is 5.77. The second-order valence-corrected chi connectivity index (χ2v) is 4.54. The molecule has 0 aromatic carbocycles. The summed E-state index contributed by atoms with van der Waals surface area (Å²) in [5.74, 6) is -0.429. The third-order valence-electron chi connectivity index (χ3n) is 3.60. The zero-order valence-corrected chi connectivity index (χ0v) is 8.99. The third-order valence-corrected chi connectivity index (χ3v) is 3.60. The fraction of sp³-hybridized carbons (Fsp3) is 0.909. The maximum absolute atomic E-state index is 11.0. The van der Waals surface area contributed by atoms with E-state index >= 15 is 0 Å². The van der Waals surface area contributed by atoms with E-state index in [0.717, 1.165) is 25.7 Å². The molecule has 1 unspecified atom stereocenters. The molecule has 0 bridgehead atoms. The number of hydrogen-bond acceptors (Lipinski definition) is 2. The first-order valence-electron chi connectivity index (χ1n) is 5.46. The van der Waals surface area contributed by atoms with E-state index in [2.05, 4.69) is 6.92 Å². The molecule has 1 aliphatic rings. The van der Waals surface area contributed by atoms with Crippen molar-refractivity contribution < 1.29 is 15.0 Å². The van der Waals surface area contributed by atoms with Crippen LogP contribution in [0.3, 0.4) is 0 Å². The molecule has 1 saturated carbocycles. The van der Waals surface area contributed by atoms with E-state index in [1.54, 1.807) is 6.92 Å². The van der Waals surface area contributed by atoms with E-state index in [-0.39, 0.29) is 5.92 Å². The van der Waals surface area contributed by atoms with Gasteiger partial charge in [-0.15, -0.1) is 0 Å². The molecule has 0 spiro atoms. The average Bonchev–Trinajstić information content (AvgIpc) is 2.17. The normalized spacial score (nSPS) is 32.2. The summed E-state index contributed by atoms with van der Waals surface area (Å²) in [6.07, 6.45) is 4.08. The Morgan fingerprint density at radius 3 is 2.21 bits per heavy atom. The number of carboxylic acids is 1. The summed E-state index contributed by atoms with van der Waals surface area (Å²) in [6, 6.07) is 0. The van der Waals surface area contributed by atoms with Crippen LogP contribution in [0.15, 0.2) is 0 Å². The Bertz CT molecular complexity index is 207. The van der Waals surface area contributed by atoms with E-state index in [9.17, 15) is 9.90 Å². The minimum atomic E-state index is -1.49. The lowest BCUT2D eigenvalue weighted by Crippen LogP contribution is -2.46. The minimum absolute atomic E-state index is 0.0544. The minimum Gasteiger partial charge on any atom is -0.479 e. The van der Waals surface area contributed by atoms with Crippen LogP contribution < -0.4 is 0 Å². The summed E-state index contributed by atoms with van der Waals surface area (Å²) >= 11 is 0. The number of carboxylic acid groups (broad SMARTS) is 1. The molecule has 3 heteroatoms. The Labute approximate surface area is 85.1 Å². The quantitative estimate of drug-likeness (QED) is 0.733. The Balaban J connectivity index is 2.66. The van der Waals surface area contributed by atoms with Gasteiger partial charge in [-0.1, -0.05) is 26.7 Å². The third kappa shape index (κ3) is 2.08. The predicted molar refractivity (Wildman–Crippen MR) is 54.0 cm³/mol. The summed E-state index contributed by atoms with van der Waals surface area (Å²) in [7, 11) is 0. The first-order chi connectivity index (χ1) is 6.50. The second-order valence-electron chi connectivity index (χ2n) is 4.54. The van der Waals surface area contributed by atoms with Gasteiger partial charge in [0.05, 0.1) is 0 Å². The molecule has 82 valence electrons. The van der Waals surface area contributed by atoms with Gasteiger partial charge in [0.1, 0.15) is 0 Å². The molecule has 1 fully saturated rings. The van der Waals surface area contributed by atoms with Gasteiger partial charge in [0.2, 0.25) is 0 Å². The molecule has 0 heterocycles. The summed E-state index contributed by atoms with van der Waals surface area (Å²) in [5.41, 5.74) is -1.49. The Morgan fingerprint density at radius 2 is 1.86 bits per heavy atom. The monoisotopic (exact) mass is 200 g/mol. The van der Waals surface area contributed by atoms with Crippen molar-refractivity contribution in [1.82, 2.24) is 0 Å². The summed E-state index contributed by atoms with van der Waals surface area (Å²) < 4.78 is 0. The van der Waals surface area contributed by atoms with Crippen molar-refractivity contribution in [2.24, 2.45) is 11.8 Å². The van der Waals surface area contributed by atoms with Crippen molar-refractivity contribution >= 4 is 5.97 Å². The fourth-order valence-corrected chi connectivity index (χ4v) is 2.35. The number of rotatable bonds is 3. The summed E-state index contributed by atoms with van der Waals surface area (Å²) in [4.78, 5) is 11.0. The molecule has 14 heavy (non-hydrogen) atoms. The molecule has 0 amide bonds. The fourth-order valence-electron chi connectivity index (χ4n) is 2.35. The van der Waals surface area contributed by atoms with Crippen LogP contribution in [0, 0.1) is 11.8 Å². The Kier molecular flexibility index (Phi) is 3.53. The summed E-state index contributed by atoms with van der Waals surface area (Å²) in [6.45, 7) is 3.92. The molecule has 0 saturated heterocycles. The van der Waals surface area contributed by atoms with Gasteiger partial charge in [0.15, 0.2) is 5.60 Å². The van der Waals surface area contributed by atoms with Crippen LogP contribution in [-0.2, 0) is 4.79 Å². The van der Waals surface area contributed by atoms with E-state index in [1.807, 2.05) is 0 Å². The maximum Gasteiger partial charge on any atom is 0.335 e. The standard InChI is InChI=1S/C11H20O3/c1-3-11(14,10(12)13)9-6-4-8(2)5-7-9/h8-9,14H,3-7H2,1-2H3,(H,12,13). The topological polar surface area (TPSA) is 57.5 Å². The number of hydrogen-bond donors (Lipinski definition) is 2. The molecule has 0 aromatic heterocycles. The van der Waals surface area contributed by atoms with Gasteiger partial charge in [0.25, 0.3) is 0 Å². The van der Waals surface area contributed by atoms with Gasteiger partial charge in [0, 0.05) is 0 Å². The number of aliphatic carboxylic acids is 1. The molecular weight excluding hydrogens is 180 g/mol. The van der Waals surface area contributed by atoms with Crippen molar-refractivity contribution in [1.29, 1.82) is 0 Å². The van der Waals surface area contributed by atoms with E-state index in [0.29, 0.717) is 12.3 Å². The lowest BCUT2D eigenvalue weighted by Gasteiger charge is -2.36. The second kappa shape index (κ2) is 4.30. The van der Waals surface area contributed by atoms with Gasteiger partial charge in [-0.25, -0.2) is 4.79 Å². The number of carbonyl (C=O) groups is 1. The van der Waals surface area contributed by atoms with E-state index in [1.165, 1.54) is 0 Å². The molecule has 1 rings (SSSR count). The van der Waals surface area contributed by atoms with Crippen molar-refractivity contribution in [2.45, 2.75) is 51.6 Å². The van der Waals surface area contributed by atoms with Crippen LogP contribution in [0.1, 0.15) is 46.0 Å². The largest absolute Gasteiger partial charge is 0.479 e. The first kappa shape index (κ1) is 11.5. The molecule has 0 aliphatic heterocycles. The van der Waals surface area contributed by atoms with Gasteiger partial charge in [-0.05, 0) is 31.1 Å². The van der Waals surface area contributed by atoms with Crippen LogP contribution in [0.25, 0.3) is 0 Å². The van der Waals surface area contributed by atoms with Crippen LogP contribution in [0.5, 0.6) is 0 Å². The molecule has 1 aliphatic carbocycles. The molecule has 0 aromatic rings. The SMILES string of the molecule is CCC(O)(C(=O)O)C1CCC(C)CC1. The predicted octanol–water partition coefficient (Wildman–Crippen LogP) is 2.04.